The molecule has 0 spiro atoms. The van der Waals surface area contributed by atoms with E-state index in [0.29, 0.717) is 11.0 Å². The van der Waals surface area contributed by atoms with E-state index in [2.05, 4.69) is 15.0 Å². The third-order valence-corrected chi connectivity index (χ3v) is 7.14. The first-order chi connectivity index (χ1) is 21.2. The van der Waals surface area contributed by atoms with Gasteiger partial charge in [0.25, 0.3) is 5.56 Å². The van der Waals surface area contributed by atoms with Crippen LogP contribution in [0.2, 0.25) is 0 Å². The number of halogens is 2. The monoisotopic (exact) mass is 593 g/mol. The summed E-state index contributed by atoms with van der Waals surface area (Å²) in [5.41, 5.74) is 0.833. The van der Waals surface area contributed by atoms with Crippen LogP contribution in [0.25, 0.3) is 27.8 Å². The number of benzene rings is 3. The standard InChI is InChI=1S/C33H25F2N5O4/c1-19(2)39-17-25(32(42)40(33(39)43)23-11-9-22(34)10-12-23)27(41)15-20-8-13-28(26(35)14-20)44-31-29-24(21-6-4-3-5-7-21)16-36-30(29)37-18-38-31/h3-14,16-19H,15H2,1-2H3,(H,36,37,38). The van der Waals surface area contributed by atoms with E-state index in [-0.39, 0.29) is 40.9 Å². The average molecular weight is 594 g/mol. The Hall–Kier alpha value is -5.71. The summed E-state index contributed by atoms with van der Waals surface area (Å²) < 4.78 is 36.8. The molecule has 6 rings (SSSR count). The van der Waals surface area contributed by atoms with E-state index < -0.39 is 28.7 Å². The third kappa shape index (κ3) is 5.31. The quantitative estimate of drug-likeness (QED) is 0.216. The van der Waals surface area contributed by atoms with Gasteiger partial charge in [-0.2, -0.15) is 0 Å². The molecular formula is C33H25F2N5O4. The van der Waals surface area contributed by atoms with Crippen molar-refractivity contribution in [3.05, 3.63) is 135 Å². The van der Waals surface area contributed by atoms with Gasteiger partial charge in [-0.15, -0.1) is 0 Å². The fourth-order valence-electron chi connectivity index (χ4n) is 4.93. The molecule has 0 amide bonds. The number of nitrogens with zero attached hydrogens (tertiary/aromatic N) is 4. The van der Waals surface area contributed by atoms with E-state index in [1.165, 1.54) is 41.4 Å². The second-order valence-corrected chi connectivity index (χ2v) is 10.4. The van der Waals surface area contributed by atoms with Crippen molar-refractivity contribution in [2.24, 2.45) is 0 Å². The number of hydrogen-bond donors (Lipinski definition) is 1. The summed E-state index contributed by atoms with van der Waals surface area (Å²) >= 11 is 0. The molecule has 0 aliphatic rings. The van der Waals surface area contributed by atoms with Gasteiger partial charge in [-0.25, -0.2) is 28.1 Å². The summed E-state index contributed by atoms with van der Waals surface area (Å²) in [4.78, 5) is 51.4. The normalized spacial score (nSPS) is 11.3. The number of rotatable bonds is 8. The lowest BCUT2D eigenvalue weighted by Gasteiger charge is -2.15. The highest BCUT2D eigenvalue weighted by Crippen LogP contribution is 2.35. The van der Waals surface area contributed by atoms with Crippen molar-refractivity contribution in [1.29, 1.82) is 0 Å². The predicted molar refractivity (Wildman–Crippen MR) is 160 cm³/mol. The molecule has 0 aliphatic carbocycles. The van der Waals surface area contributed by atoms with Crippen molar-refractivity contribution >= 4 is 16.8 Å². The minimum absolute atomic E-state index is 0.117. The van der Waals surface area contributed by atoms with Crippen molar-refractivity contribution < 1.29 is 18.3 Å². The molecule has 0 fully saturated rings. The molecule has 0 bridgehead atoms. The summed E-state index contributed by atoms with van der Waals surface area (Å²) in [5, 5.41) is 0.579. The van der Waals surface area contributed by atoms with Crippen LogP contribution in [-0.4, -0.2) is 29.9 Å². The number of aromatic nitrogens is 5. The molecule has 3 aromatic heterocycles. The van der Waals surface area contributed by atoms with Crippen LogP contribution < -0.4 is 16.0 Å². The highest BCUT2D eigenvalue weighted by molar-refractivity contribution is 5.98. The molecule has 1 N–H and O–H groups in total. The summed E-state index contributed by atoms with van der Waals surface area (Å²) in [7, 11) is 0. The van der Waals surface area contributed by atoms with Gasteiger partial charge in [0, 0.05) is 30.4 Å². The van der Waals surface area contributed by atoms with Crippen LogP contribution in [0.1, 0.15) is 35.8 Å². The zero-order valence-corrected chi connectivity index (χ0v) is 23.6. The minimum atomic E-state index is -0.850. The van der Waals surface area contributed by atoms with Crippen LogP contribution in [0.4, 0.5) is 8.78 Å². The third-order valence-electron chi connectivity index (χ3n) is 7.14. The van der Waals surface area contributed by atoms with E-state index in [1.807, 2.05) is 30.3 Å². The van der Waals surface area contributed by atoms with Gasteiger partial charge in [0.2, 0.25) is 5.88 Å². The first-order valence-corrected chi connectivity index (χ1v) is 13.7. The van der Waals surface area contributed by atoms with E-state index >= 15 is 4.39 Å². The van der Waals surface area contributed by atoms with Crippen molar-refractivity contribution in [2.45, 2.75) is 26.3 Å². The first kappa shape index (κ1) is 28.4. The summed E-state index contributed by atoms with van der Waals surface area (Å²) in [6.07, 6.45) is 3.98. The Bertz CT molecular complexity index is 2140. The zero-order chi connectivity index (χ0) is 31.0. The molecule has 3 heterocycles. The number of Topliss-reactive ketones (excluding diaryl/α,β-unsaturated/α-hetero) is 1. The van der Waals surface area contributed by atoms with Gasteiger partial charge in [-0.05, 0) is 61.4 Å². The van der Waals surface area contributed by atoms with Gasteiger partial charge in [-0.3, -0.25) is 14.2 Å². The highest BCUT2D eigenvalue weighted by Gasteiger charge is 2.21. The lowest BCUT2D eigenvalue weighted by atomic mass is 10.0. The van der Waals surface area contributed by atoms with E-state index in [9.17, 15) is 18.8 Å². The maximum Gasteiger partial charge on any atom is 0.335 e. The zero-order valence-electron chi connectivity index (χ0n) is 23.6. The maximum atomic E-state index is 15.3. The Morgan fingerprint density at radius 1 is 0.977 bits per heavy atom. The van der Waals surface area contributed by atoms with Crippen molar-refractivity contribution in [1.82, 2.24) is 24.1 Å². The second kappa shape index (κ2) is 11.5. The molecule has 0 radical (unpaired) electrons. The number of hydrogen-bond acceptors (Lipinski definition) is 6. The molecular weight excluding hydrogens is 568 g/mol. The SMILES string of the molecule is CC(C)n1cc(C(=O)Cc2ccc(Oc3ncnc4[nH]cc(-c5ccccc5)c34)c(F)c2)c(=O)n(-c2ccc(F)cc2)c1=O. The predicted octanol–water partition coefficient (Wildman–Crippen LogP) is 6.01. The van der Waals surface area contributed by atoms with Crippen LogP contribution in [0.15, 0.2) is 101 Å². The second-order valence-electron chi connectivity index (χ2n) is 10.4. The molecule has 0 saturated carbocycles. The fraction of sp³-hybridized carbons (Fsp3) is 0.121. The highest BCUT2D eigenvalue weighted by atomic mass is 19.1. The summed E-state index contributed by atoms with van der Waals surface area (Å²) in [5.74, 6) is -1.87. The number of carbonyl (C=O) groups excluding carboxylic acids is 1. The lowest BCUT2D eigenvalue weighted by molar-refractivity contribution is 0.0990. The fourth-order valence-corrected chi connectivity index (χ4v) is 4.93. The van der Waals surface area contributed by atoms with Crippen molar-refractivity contribution in [2.75, 3.05) is 0 Å². The first-order valence-electron chi connectivity index (χ1n) is 13.7. The minimum Gasteiger partial charge on any atom is -0.435 e. The molecule has 0 atom stereocenters. The molecule has 44 heavy (non-hydrogen) atoms. The molecule has 11 heteroatoms. The van der Waals surface area contributed by atoms with Crippen LogP contribution >= 0.6 is 0 Å². The van der Waals surface area contributed by atoms with Gasteiger partial charge < -0.3 is 9.72 Å². The summed E-state index contributed by atoms with van der Waals surface area (Å²) in [6.45, 7) is 3.45. The van der Waals surface area contributed by atoms with Crippen LogP contribution in [0.5, 0.6) is 11.6 Å². The number of H-pyrrole nitrogens is 1. The van der Waals surface area contributed by atoms with E-state index in [1.54, 1.807) is 20.0 Å². The number of fused-ring (bicyclic) bond motifs is 1. The largest absolute Gasteiger partial charge is 0.435 e. The molecule has 6 aromatic rings. The lowest BCUT2D eigenvalue weighted by Crippen LogP contribution is -2.42. The summed E-state index contributed by atoms with van der Waals surface area (Å²) in [6, 6.07) is 18.0. The Morgan fingerprint density at radius 3 is 2.43 bits per heavy atom. The smallest absolute Gasteiger partial charge is 0.335 e. The van der Waals surface area contributed by atoms with Crippen LogP contribution in [-0.2, 0) is 6.42 Å². The molecule has 9 nitrogen and oxygen atoms in total. The number of ketones is 1. The Labute approximate surface area is 249 Å². The number of carbonyl (C=O) groups is 1. The average Bonchev–Trinajstić information content (AvgIpc) is 3.45. The molecule has 0 unspecified atom stereocenters. The van der Waals surface area contributed by atoms with Gasteiger partial charge in [0.1, 0.15) is 23.4 Å². The number of nitrogens with one attached hydrogen (secondary N) is 1. The topological polar surface area (TPSA) is 112 Å². The van der Waals surface area contributed by atoms with Crippen LogP contribution in [0, 0.1) is 11.6 Å². The molecule has 3 aromatic carbocycles. The van der Waals surface area contributed by atoms with Gasteiger partial charge in [0.05, 0.1) is 11.1 Å². The Balaban J connectivity index is 1.30. The van der Waals surface area contributed by atoms with Crippen LogP contribution in [0.3, 0.4) is 0 Å². The van der Waals surface area contributed by atoms with E-state index in [4.69, 9.17) is 4.74 Å². The molecule has 220 valence electrons. The maximum absolute atomic E-state index is 15.3. The number of ether oxygens (including phenoxy) is 1. The van der Waals surface area contributed by atoms with Gasteiger partial charge in [-0.1, -0.05) is 36.4 Å². The van der Waals surface area contributed by atoms with Crippen molar-refractivity contribution in [3.63, 3.8) is 0 Å². The Morgan fingerprint density at radius 2 is 1.73 bits per heavy atom. The van der Waals surface area contributed by atoms with E-state index in [0.717, 1.165) is 33.9 Å². The van der Waals surface area contributed by atoms with Gasteiger partial charge >= 0.3 is 5.69 Å². The molecule has 0 aliphatic heterocycles. The number of aromatic amines is 1. The van der Waals surface area contributed by atoms with Crippen molar-refractivity contribution in [3.8, 4) is 28.4 Å². The molecule has 0 saturated heterocycles. The Kier molecular flexibility index (Phi) is 7.44. The van der Waals surface area contributed by atoms with Gasteiger partial charge in [0.15, 0.2) is 17.3 Å².